The minimum absolute atomic E-state index is 0.257. The molecule has 0 aliphatic rings. The number of carbonyl (C=O) groups is 1. The lowest BCUT2D eigenvalue weighted by Gasteiger charge is -2.10. The highest BCUT2D eigenvalue weighted by molar-refractivity contribution is 6.05. The lowest BCUT2D eigenvalue weighted by atomic mass is 10.1. The van der Waals surface area contributed by atoms with Crippen molar-refractivity contribution < 1.29 is 9.53 Å². The third kappa shape index (κ3) is 3.30. The molecule has 1 heterocycles. The summed E-state index contributed by atoms with van der Waals surface area (Å²) in [6, 6.07) is 16.3. The third-order valence-electron chi connectivity index (χ3n) is 3.87. The largest absolute Gasteiger partial charge is 0.496 e. The van der Waals surface area contributed by atoms with Crippen LogP contribution in [0.25, 0.3) is 10.9 Å². The summed E-state index contributed by atoms with van der Waals surface area (Å²) in [5, 5.41) is 3.60. The van der Waals surface area contributed by atoms with E-state index in [4.69, 9.17) is 4.74 Å². The molecule has 0 fully saturated rings. The lowest BCUT2D eigenvalue weighted by molar-refractivity contribution is 0.0955. The molecule has 3 aromatic rings. The number of hydrogen-bond acceptors (Lipinski definition) is 3. The van der Waals surface area contributed by atoms with Crippen LogP contribution in [0.15, 0.2) is 59.4 Å². The molecular weight excluding hydrogens is 304 g/mol. The van der Waals surface area contributed by atoms with Crippen LogP contribution in [0.4, 0.5) is 0 Å². The van der Waals surface area contributed by atoms with Crippen molar-refractivity contribution in [1.82, 2.24) is 10.3 Å². The molecule has 122 valence electrons. The quantitative estimate of drug-likeness (QED) is 0.758. The summed E-state index contributed by atoms with van der Waals surface area (Å²) in [6.07, 6.45) is 0.650. The Morgan fingerprint density at radius 3 is 2.71 bits per heavy atom. The van der Waals surface area contributed by atoms with E-state index in [1.54, 1.807) is 13.2 Å². The summed E-state index contributed by atoms with van der Waals surface area (Å²) in [4.78, 5) is 26.9. The van der Waals surface area contributed by atoms with Gasteiger partial charge in [0.25, 0.3) is 5.91 Å². The number of ether oxygens (including phenoxy) is 1. The maximum absolute atomic E-state index is 12.5. The number of H-pyrrole nitrogens is 1. The van der Waals surface area contributed by atoms with Gasteiger partial charge in [-0.3, -0.25) is 9.59 Å². The van der Waals surface area contributed by atoms with Crippen molar-refractivity contribution in [3.8, 4) is 5.75 Å². The molecule has 1 aromatic heterocycles. The van der Waals surface area contributed by atoms with Crippen LogP contribution in [0, 0.1) is 0 Å². The zero-order chi connectivity index (χ0) is 16.9. The molecule has 0 bridgehead atoms. The fourth-order valence-electron chi connectivity index (χ4n) is 2.71. The Kier molecular flexibility index (Phi) is 4.61. The third-order valence-corrected chi connectivity index (χ3v) is 3.87. The first-order valence-corrected chi connectivity index (χ1v) is 7.71. The predicted molar refractivity (Wildman–Crippen MR) is 93.6 cm³/mol. The molecule has 0 aliphatic carbocycles. The van der Waals surface area contributed by atoms with Crippen LogP contribution in [0.1, 0.15) is 15.9 Å². The fourth-order valence-corrected chi connectivity index (χ4v) is 2.71. The highest BCUT2D eigenvalue weighted by Gasteiger charge is 2.11. The number of nitrogens with one attached hydrogen (secondary N) is 2. The van der Waals surface area contributed by atoms with Crippen LogP contribution in [-0.4, -0.2) is 24.5 Å². The second-order valence-corrected chi connectivity index (χ2v) is 5.41. The Morgan fingerprint density at radius 2 is 1.88 bits per heavy atom. The van der Waals surface area contributed by atoms with Crippen LogP contribution >= 0.6 is 0 Å². The highest BCUT2D eigenvalue weighted by Crippen LogP contribution is 2.18. The second-order valence-electron chi connectivity index (χ2n) is 5.41. The number of hydrogen-bond donors (Lipinski definition) is 2. The number of aromatic nitrogens is 1. The topological polar surface area (TPSA) is 71.2 Å². The normalized spacial score (nSPS) is 10.5. The molecular formula is C19H18N2O3. The predicted octanol–water partition coefficient (Wildman–Crippen LogP) is 2.51. The van der Waals surface area contributed by atoms with E-state index < -0.39 is 0 Å². The molecule has 24 heavy (non-hydrogen) atoms. The molecule has 1 amide bonds. The monoisotopic (exact) mass is 322 g/mol. The van der Waals surface area contributed by atoms with Crippen molar-refractivity contribution in [2.75, 3.05) is 13.7 Å². The zero-order valence-corrected chi connectivity index (χ0v) is 13.3. The number of carbonyl (C=O) groups excluding carboxylic acids is 1. The second kappa shape index (κ2) is 7.00. The van der Waals surface area contributed by atoms with E-state index in [2.05, 4.69) is 10.3 Å². The van der Waals surface area contributed by atoms with Gasteiger partial charge in [-0.25, -0.2) is 0 Å². The molecule has 2 N–H and O–H groups in total. The van der Waals surface area contributed by atoms with Gasteiger partial charge in [0.05, 0.1) is 12.7 Å². The van der Waals surface area contributed by atoms with E-state index in [9.17, 15) is 9.59 Å². The zero-order valence-electron chi connectivity index (χ0n) is 13.3. The van der Waals surface area contributed by atoms with Gasteiger partial charge >= 0.3 is 0 Å². The van der Waals surface area contributed by atoms with E-state index in [-0.39, 0.29) is 11.5 Å². The Balaban J connectivity index is 1.75. The van der Waals surface area contributed by atoms with Gasteiger partial charge < -0.3 is 15.0 Å². The Hall–Kier alpha value is -3.08. The highest BCUT2D eigenvalue weighted by atomic mass is 16.5. The molecule has 0 spiro atoms. The fraction of sp³-hybridized carbons (Fsp3) is 0.158. The number of methoxy groups -OCH3 is 1. The van der Waals surface area contributed by atoms with Crippen molar-refractivity contribution in [2.45, 2.75) is 6.42 Å². The van der Waals surface area contributed by atoms with Gasteiger partial charge in [-0.1, -0.05) is 36.4 Å². The van der Waals surface area contributed by atoms with Crippen molar-refractivity contribution >= 4 is 16.8 Å². The van der Waals surface area contributed by atoms with Crippen LogP contribution in [-0.2, 0) is 6.42 Å². The summed E-state index contributed by atoms with van der Waals surface area (Å²) in [6.45, 7) is 0.459. The number of amides is 1. The van der Waals surface area contributed by atoms with Gasteiger partial charge in [0.15, 0.2) is 0 Å². The number of pyridine rings is 1. The van der Waals surface area contributed by atoms with Crippen molar-refractivity contribution in [1.29, 1.82) is 0 Å². The molecule has 0 aliphatic heterocycles. The standard InChI is InChI=1S/C19H18N2O3/c1-24-17-9-5-2-6-13(17)10-11-20-19(23)15-12-18(22)21-16-8-4-3-7-14(15)16/h2-9,12H,10-11H2,1H3,(H,20,23)(H,21,22). The molecule has 0 radical (unpaired) electrons. The SMILES string of the molecule is COc1ccccc1CCNC(=O)c1cc(=O)[nH]c2ccccc12. The van der Waals surface area contributed by atoms with E-state index in [0.717, 1.165) is 16.7 Å². The Labute approximate surface area is 139 Å². The lowest BCUT2D eigenvalue weighted by Crippen LogP contribution is -2.27. The molecule has 0 saturated heterocycles. The number of para-hydroxylation sites is 2. The Morgan fingerprint density at radius 1 is 1.12 bits per heavy atom. The average Bonchev–Trinajstić information content (AvgIpc) is 2.61. The summed E-state index contributed by atoms with van der Waals surface area (Å²) >= 11 is 0. The van der Waals surface area contributed by atoms with Gasteiger partial charge in [0.2, 0.25) is 5.56 Å². The summed E-state index contributed by atoms with van der Waals surface area (Å²) < 4.78 is 5.30. The summed E-state index contributed by atoms with van der Waals surface area (Å²) in [5.74, 6) is 0.542. The average molecular weight is 322 g/mol. The molecule has 0 unspecified atom stereocenters. The molecule has 5 heteroatoms. The first-order valence-electron chi connectivity index (χ1n) is 7.71. The number of benzene rings is 2. The van der Waals surface area contributed by atoms with Crippen molar-refractivity contribution in [2.24, 2.45) is 0 Å². The van der Waals surface area contributed by atoms with Crippen molar-refractivity contribution in [3.05, 3.63) is 76.1 Å². The minimum Gasteiger partial charge on any atom is -0.496 e. The molecule has 0 saturated carbocycles. The van der Waals surface area contributed by atoms with Crippen LogP contribution < -0.4 is 15.6 Å². The number of rotatable bonds is 5. The van der Waals surface area contributed by atoms with E-state index in [1.807, 2.05) is 42.5 Å². The van der Waals surface area contributed by atoms with Gasteiger partial charge in [-0.2, -0.15) is 0 Å². The summed E-state index contributed by atoms with van der Waals surface area (Å²) in [7, 11) is 1.62. The molecule has 2 aromatic carbocycles. The van der Waals surface area contributed by atoms with Crippen molar-refractivity contribution in [3.63, 3.8) is 0 Å². The van der Waals surface area contributed by atoms with Gasteiger partial charge in [0.1, 0.15) is 5.75 Å². The van der Waals surface area contributed by atoms with Gasteiger partial charge in [0, 0.05) is 23.5 Å². The summed E-state index contributed by atoms with van der Waals surface area (Å²) in [5.41, 5.74) is 1.77. The van der Waals surface area contributed by atoms with Crippen LogP contribution in [0.3, 0.4) is 0 Å². The molecule has 5 nitrogen and oxygen atoms in total. The first kappa shape index (κ1) is 15.8. The maximum atomic E-state index is 12.5. The van der Waals surface area contributed by atoms with E-state index in [0.29, 0.717) is 24.0 Å². The van der Waals surface area contributed by atoms with E-state index in [1.165, 1.54) is 6.07 Å². The maximum Gasteiger partial charge on any atom is 0.252 e. The minimum atomic E-state index is -0.288. The number of aromatic amines is 1. The van der Waals surface area contributed by atoms with Crippen LogP contribution in [0.5, 0.6) is 5.75 Å². The van der Waals surface area contributed by atoms with Gasteiger partial charge in [-0.05, 0) is 24.1 Å². The number of fused-ring (bicyclic) bond motifs is 1. The van der Waals surface area contributed by atoms with Crippen LogP contribution in [0.2, 0.25) is 0 Å². The molecule has 0 atom stereocenters. The van der Waals surface area contributed by atoms with Gasteiger partial charge in [-0.15, -0.1) is 0 Å². The Bertz CT molecular complexity index is 931. The smallest absolute Gasteiger partial charge is 0.252 e. The van der Waals surface area contributed by atoms with E-state index >= 15 is 0 Å². The molecule has 3 rings (SSSR count). The first-order chi connectivity index (χ1) is 11.7.